The van der Waals surface area contributed by atoms with Crippen LogP contribution in [0.1, 0.15) is 46.5 Å². The molecule has 0 saturated carbocycles. The molecule has 0 aromatic carbocycles. The maximum Gasteiger partial charge on any atom is 0.111 e. The second-order valence-electron chi connectivity index (χ2n) is 3.40. The van der Waals surface area contributed by atoms with E-state index in [-0.39, 0.29) is 6.23 Å². The fourth-order valence-corrected chi connectivity index (χ4v) is 1.21. The topological polar surface area (TPSA) is 47.6 Å². The molecule has 1 unspecified atom stereocenters. The summed E-state index contributed by atoms with van der Waals surface area (Å²) in [5.41, 5.74) is 6.82. The van der Waals surface area contributed by atoms with Crippen LogP contribution >= 0.6 is 0 Å². The number of rotatable bonds is 8. The highest BCUT2D eigenvalue weighted by Crippen LogP contribution is 2.08. The van der Waals surface area contributed by atoms with Gasteiger partial charge in [0.05, 0.1) is 0 Å². The molecule has 0 bridgehead atoms. The first-order chi connectivity index (χ1) is 7.24. The van der Waals surface area contributed by atoms with Gasteiger partial charge >= 0.3 is 0 Å². The molecule has 3 nitrogen and oxygen atoms in total. The summed E-state index contributed by atoms with van der Waals surface area (Å²) in [4.78, 5) is 4.40. The Kier molecular flexibility index (Phi) is 9.43. The Bertz CT molecular complexity index is 200. The van der Waals surface area contributed by atoms with Crippen LogP contribution < -0.4 is 5.73 Å². The number of aliphatic imine (C=N–C) groups is 1. The van der Waals surface area contributed by atoms with E-state index in [1.165, 1.54) is 0 Å². The van der Waals surface area contributed by atoms with Gasteiger partial charge in [0.25, 0.3) is 0 Å². The maximum absolute atomic E-state index is 5.78. The van der Waals surface area contributed by atoms with Gasteiger partial charge in [-0.15, -0.1) is 0 Å². The van der Waals surface area contributed by atoms with Crippen molar-refractivity contribution >= 4 is 6.21 Å². The van der Waals surface area contributed by atoms with Crippen LogP contribution in [0.4, 0.5) is 0 Å². The lowest BCUT2D eigenvalue weighted by molar-refractivity contribution is 0.0679. The Morgan fingerprint density at radius 2 is 2.13 bits per heavy atom. The van der Waals surface area contributed by atoms with E-state index in [9.17, 15) is 0 Å². The summed E-state index contributed by atoms with van der Waals surface area (Å²) in [7, 11) is 0. The molecule has 88 valence electrons. The Hall–Kier alpha value is -0.670. The first-order valence-electron chi connectivity index (χ1n) is 5.83. The summed E-state index contributed by atoms with van der Waals surface area (Å²) in [6.45, 7) is 6.84. The van der Waals surface area contributed by atoms with E-state index in [0.717, 1.165) is 25.0 Å². The second-order valence-corrected chi connectivity index (χ2v) is 3.40. The third-order valence-corrected chi connectivity index (χ3v) is 1.91. The fraction of sp³-hybridized carbons (Fsp3) is 0.750. The molecule has 0 aliphatic heterocycles. The molecular formula is C12H24N2O. The zero-order chi connectivity index (χ0) is 11.5. The minimum absolute atomic E-state index is 0.230. The summed E-state index contributed by atoms with van der Waals surface area (Å²) < 4.78 is 5.29. The second kappa shape index (κ2) is 9.87. The molecule has 0 spiro atoms. The Balaban J connectivity index is 4.10. The average Bonchev–Trinajstić information content (AvgIpc) is 2.18. The van der Waals surface area contributed by atoms with Crippen LogP contribution in [0.25, 0.3) is 0 Å². The zero-order valence-corrected chi connectivity index (χ0v) is 10.2. The van der Waals surface area contributed by atoms with Crippen molar-refractivity contribution < 1.29 is 4.74 Å². The molecule has 0 fully saturated rings. The Labute approximate surface area is 93.4 Å². The molecule has 0 aromatic heterocycles. The molecule has 0 aliphatic rings. The van der Waals surface area contributed by atoms with Gasteiger partial charge in [-0.1, -0.05) is 26.3 Å². The molecule has 0 aromatic rings. The number of ether oxygens (including phenoxy) is 1. The van der Waals surface area contributed by atoms with Crippen molar-refractivity contribution in [1.29, 1.82) is 0 Å². The molecule has 0 radical (unpaired) electrons. The smallest absolute Gasteiger partial charge is 0.111 e. The van der Waals surface area contributed by atoms with Crippen LogP contribution in [0, 0.1) is 0 Å². The molecule has 0 aliphatic carbocycles. The minimum Gasteiger partial charge on any atom is -0.363 e. The third-order valence-electron chi connectivity index (χ3n) is 1.91. The van der Waals surface area contributed by atoms with Crippen LogP contribution in [-0.2, 0) is 4.74 Å². The zero-order valence-electron chi connectivity index (χ0n) is 10.2. The monoisotopic (exact) mass is 212 g/mol. The maximum atomic E-state index is 5.78. The van der Waals surface area contributed by atoms with Crippen LogP contribution in [0.5, 0.6) is 0 Å². The standard InChI is InChI=1S/C12H24N2O/c1-4-7-9-14-11(8-5-2)10-12(13)15-6-3/h8-9,12H,4-7,10,13H2,1-3H3/b11-8-,14-9-. The minimum atomic E-state index is -0.230. The van der Waals surface area contributed by atoms with E-state index in [1.807, 2.05) is 13.1 Å². The molecular weight excluding hydrogens is 188 g/mol. The molecule has 1 atom stereocenters. The molecule has 0 rings (SSSR count). The molecule has 0 amide bonds. The summed E-state index contributed by atoms with van der Waals surface area (Å²) in [5, 5.41) is 0. The largest absolute Gasteiger partial charge is 0.363 e. The van der Waals surface area contributed by atoms with Gasteiger partial charge in [-0.25, -0.2) is 0 Å². The van der Waals surface area contributed by atoms with E-state index in [1.54, 1.807) is 0 Å². The predicted octanol–water partition coefficient (Wildman–Crippen LogP) is 2.86. The van der Waals surface area contributed by atoms with E-state index in [2.05, 4.69) is 24.9 Å². The molecule has 3 heteroatoms. The number of hydrogen-bond acceptors (Lipinski definition) is 3. The molecule has 15 heavy (non-hydrogen) atoms. The lowest BCUT2D eigenvalue weighted by Crippen LogP contribution is -2.24. The number of nitrogens with zero attached hydrogens (tertiary/aromatic N) is 1. The normalized spacial score (nSPS) is 14.8. The van der Waals surface area contributed by atoms with Crippen LogP contribution in [-0.4, -0.2) is 19.0 Å². The van der Waals surface area contributed by atoms with Gasteiger partial charge in [0.15, 0.2) is 0 Å². The first kappa shape index (κ1) is 14.3. The van der Waals surface area contributed by atoms with Gasteiger partial charge in [-0.3, -0.25) is 4.99 Å². The van der Waals surface area contributed by atoms with Crippen molar-refractivity contribution in [1.82, 2.24) is 0 Å². The SMILES string of the molecule is CC/C=C(CC(N)OCC)\N=C/CCC. The number of allylic oxidation sites excluding steroid dienone is 1. The van der Waals surface area contributed by atoms with Gasteiger partial charge in [-0.2, -0.15) is 0 Å². The van der Waals surface area contributed by atoms with Gasteiger partial charge in [-0.05, 0) is 19.8 Å². The summed E-state index contributed by atoms with van der Waals surface area (Å²) in [6, 6.07) is 0. The van der Waals surface area contributed by atoms with Crippen molar-refractivity contribution in [3.05, 3.63) is 11.8 Å². The highest BCUT2D eigenvalue weighted by Gasteiger charge is 2.03. The predicted molar refractivity (Wildman–Crippen MR) is 66.0 cm³/mol. The van der Waals surface area contributed by atoms with E-state index in [0.29, 0.717) is 13.0 Å². The van der Waals surface area contributed by atoms with E-state index < -0.39 is 0 Å². The lowest BCUT2D eigenvalue weighted by Gasteiger charge is -2.11. The van der Waals surface area contributed by atoms with Crippen LogP contribution in [0.2, 0.25) is 0 Å². The number of nitrogens with two attached hydrogens (primary N) is 1. The average molecular weight is 212 g/mol. The van der Waals surface area contributed by atoms with Gasteiger partial charge < -0.3 is 10.5 Å². The van der Waals surface area contributed by atoms with Crippen molar-refractivity contribution in [3.8, 4) is 0 Å². The quantitative estimate of drug-likeness (QED) is 0.497. The number of hydrogen-bond donors (Lipinski definition) is 1. The fourth-order valence-electron chi connectivity index (χ4n) is 1.21. The summed E-state index contributed by atoms with van der Waals surface area (Å²) in [5.74, 6) is 0. The van der Waals surface area contributed by atoms with Crippen LogP contribution in [0.15, 0.2) is 16.8 Å². The molecule has 2 N–H and O–H groups in total. The van der Waals surface area contributed by atoms with Crippen molar-refractivity contribution in [2.75, 3.05) is 6.61 Å². The highest BCUT2D eigenvalue weighted by molar-refractivity contribution is 5.58. The van der Waals surface area contributed by atoms with Crippen molar-refractivity contribution in [3.63, 3.8) is 0 Å². The third kappa shape index (κ3) is 8.33. The summed E-state index contributed by atoms with van der Waals surface area (Å²) in [6.07, 6.45) is 7.65. The van der Waals surface area contributed by atoms with Crippen molar-refractivity contribution in [2.24, 2.45) is 10.7 Å². The molecule has 0 saturated heterocycles. The first-order valence-corrected chi connectivity index (χ1v) is 5.83. The van der Waals surface area contributed by atoms with Crippen LogP contribution in [0.3, 0.4) is 0 Å². The molecule has 0 heterocycles. The van der Waals surface area contributed by atoms with Gasteiger partial charge in [0, 0.05) is 24.9 Å². The summed E-state index contributed by atoms with van der Waals surface area (Å²) >= 11 is 0. The van der Waals surface area contributed by atoms with E-state index in [4.69, 9.17) is 10.5 Å². The van der Waals surface area contributed by atoms with E-state index >= 15 is 0 Å². The van der Waals surface area contributed by atoms with Gasteiger partial charge in [0.2, 0.25) is 0 Å². The number of unbranched alkanes of at least 4 members (excludes halogenated alkanes) is 1. The Morgan fingerprint density at radius 1 is 1.40 bits per heavy atom. The lowest BCUT2D eigenvalue weighted by atomic mass is 10.2. The highest BCUT2D eigenvalue weighted by atomic mass is 16.5. The Morgan fingerprint density at radius 3 is 2.67 bits per heavy atom. The van der Waals surface area contributed by atoms with Gasteiger partial charge in [0.1, 0.15) is 6.23 Å². The van der Waals surface area contributed by atoms with Crippen molar-refractivity contribution in [2.45, 2.75) is 52.7 Å².